The Morgan fingerprint density at radius 1 is 0.930 bits per heavy atom. The molecule has 2 saturated heterocycles. The van der Waals surface area contributed by atoms with Gasteiger partial charge in [-0.15, -0.1) is 0 Å². The van der Waals surface area contributed by atoms with Gasteiger partial charge in [0, 0.05) is 36.3 Å². The van der Waals surface area contributed by atoms with Crippen molar-refractivity contribution in [3.63, 3.8) is 0 Å². The minimum absolute atomic E-state index is 0.00252. The molecule has 2 N–H and O–H groups in total. The normalized spacial score (nSPS) is 16.1. The van der Waals surface area contributed by atoms with E-state index >= 15 is 0 Å². The van der Waals surface area contributed by atoms with Gasteiger partial charge in [-0.2, -0.15) is 0 Å². The van der Waals surface area contributed by atoms with Gasteiger partial charge in [0.1, 0.15) is 11.4 Å². The van der Waals surface area contributed by atoms with Crippen molar-refractivity contribution in [2.24, 2.45) is 0 Å². The summed E-state index contributed by atoms with van der Waals surface area (Å²) in [6, 6.07) is 21.1. The molecular weight excluding hydrogens is 549 g/mol. The van der Waals surface area contributed by atoms with Gasteiger partial charge < -0.3 is 20.2 Å². The van der Waals surface area contributed by atoms with E-state index in [0.717, 1.165) is 5.69 Å². The van der Waals surface area contributed by atoms with E-state index < -0.39 is 11.5 Å². The largest absolute Gasteiger partial charge is 0.481 e. The Bertz CT molecular complexity index is 1670. The number of carbonyl (C=O) groups is 3. The number of carboxylic acids is 1. The first-order valence-corrected chi connectivity index (χ1v) is 14.5. The second kappa shape index (κ2) is 11.8. The molecule has 0 atom stereocenters. The molecule has 43 heavy (non-hydrogen) atoms. The first-order valence-electron chi connectivity index (χ1n) is 14.5. The molecule has 0 bridgehead atoms. The zero-order valence-electron chi connectivity index (χ0n) is 23.6. The maximum Gasteiger partial charge on any atom is 0.303 e. The van der Waals surface area contributed by atoms with Crippen LogP contribution < -0.4 is 10.2 Å². The molecule has 1 spiro atoms. The number of anilines is 1. The van der Waals surface area contributed by atoms with Gasteiger partial charge in [-0.3, -0.25) is 14.4 Å². The molecule has 4 aromatic rings. The van der Waals surface area contributed by atoms with Crippen LogP contribution in [0.25, 0.3) is 22.3 Å². The van der Waals surface area contributed by atoms with Gasteiger partial charge >= 0.3 is 5.97 Å². The number of aliphatic carboxylic acids is 1. The molecular formula is C33H32FN5O4. The number of hydrogen-bond acceptors (Lipinski definition) is 6. The molecule has 2 amide bonds. The number of nitrogens with one attached hydrogen (secondary N) is 1. The van der Waals surface area contributed by atoms with Crippen molar-refractivity contribution in [3.05, 3.63) is 89.9 Å². The van der Waals surface area contributed by atoms with Gasteiger partial charge in [-0.25, -0.2) is 14.4 Å². The first kappa shape index (κ1) is 28.3. The van der Waals surface area contributed by atoms with E-state index in [2.05, 4.69) is 10.2 Å². The Morgan fingerprint density at radius 2 is 1.67 bits per heavy atom. The number of fused-ring (bicyclic) bond motifs is 1. The van der Waals surface area contributed by atoms with Crippen LogP contribution in [0.5, 0.6) is 0 Å². The van der Waals surface area contributed by atoms with Gasteiger partial charge in [0.2, 0.25) is 5.91 Å². The van der Waals surface area contributed by atoms with Crippen LogP contribution in [0.2, 0.25) is 0 Å². The van der Waals surface area contributed by atoms with E-state index in [-0.39, 0.29) is 24.1 Å². The van der Waals surface area contributed by atoms with Gasteiger partial charge in [0.15, 0.2) is 0 Å². The number of aromatic nitrogens is 2. The molecule has 0 radical (unpaired) electrons. The van der Waals surface area contributed by atoms with Gasteiger partial charge in [0.05, 0.1) is 29.1 Å². The van der Waals surface area contributed by atoms with Crippen LogP contribution in [0.15, 0.2) is 72.8 Å². The Balaban J connectivity index is 1.23. The maximum absolute atomic E-state index is 13.6. The summed E-state index contributed by atoms with van der Waals surface area (Å²) in [6.07, 6.45) is 2.69. The Labute approximate surface area is 248 Å². The van der Waals surface area contributed by atoms with Crippen molar-refractivity contribution in [2.75, 3.05) is 24.7 Å². The fourth-order valence-electron chi connectivity index (χ4n) is 6.10. The number of likely N-dealkylation sites (tertiary alicyclic amines) is 1. The predicted molar refractivity (Wildman–Crippen MR) is 160 cm³/mol. The number of unbranched alkanes of at least 4 members (excludes halogenated alkanes) is 1. The number of piperidine rings is 1. The monoisotopic (exact) mass is 581 g/mol. The minimum Gasteiger partial charge on any atom is -0.481 e. The zero-order valence-corrected chi connectivity index (χ0v) is 23.6. The number of aryl methyl sites for hydroxylation is 1. The van der Waals surface area contributed by atoms with Crippen LogP contribution in [-0.2, 0) is 16.0 Å². The average Bonchev–Trinajstić information content (AvgIpc) is 3.34. The highest BCUT2D eigenvalue weighted by molar-refractivity contribution is 5.98. The lowest BCUT2D eigenvalue weighted by molar-refractivity contribution is -0.137. The third-order valence-corrected chi connectivity index (χ3v) is 8.44. The van der Waals surface area contributed by atoms with Crippen molar-refractivity contribution in [1.29, 1.82) is 0 Å². The van der Waals surface area contributed by atoms with Crippen molar-refractivity contribution in [3.8, 4) is 11.3 Å². The summed E-state index contributed by atoms with van der Waals surface area (Å²) in [5, 5.41) is 12.0. The standard InChI is InChI=1S/C33H32FN5O4/c34-24-13-10-22(11-14-24)30-27(8-4-5-9-29(40)41)36-28-20-23(12-15-26(28)37-30)31(42)38-18-16-33(17-19-38)32(43)35-21-39(33)25-6-2-1-3-7-25/h1-3,6-7,10-15,20H,4-5,8-9,16-19,21H2,(H,35,43)(H,40,41). The Kier molecular flexibility index (Phi) is 7.75. The molecule has 2 aliphatic rings. The van der Waals surface area contributed by atoms with Crippen LogP contribution in [0.1, 0.15) is 48.2 Å². The number of rotatable bonds is 8. The average molecular weight is 582 g/mol. The highest BCUT2D eigenvalue weighted by Gasteiger charge is 2.50. The maximum atomic E-state index is 13.6. The number of hydrogen-bond donors (Lipinski definition) is 2. The zero-order chi connectivity index (χ0) is 30.0. The summed E-state index contributed by atoms with van der Waals surface area (Å²) in [7, 11) is 0. The summed E-state index contributed by atoms with van der Waals surface area (Å²) < 4.78 is 13.6. The topological polar surface area (TPSA) is 116 Å². The van der Waals surface area contributed by atoms with Crippen molar-refractivity contribution < 1.29 is 23.9 Å². The molecule has 0 aliphatic carbocycles. The minimum atomic E-state index is -0.850. The number of amides is 2. The summed E-state index contributed by atoms with van der Waals surface area (Å²) in [6.45, 7) is 1.33. The van der Waals surface area contributed by atoms with Crippen molar-refractivity contribution >= 4 is 34.5 Å². The molecule has 0 saturated carbocycles. The molecule has 6 rings (SSSR count). The molecule has 0 unspecified atom stereocenters. The van der Waals surface area contributed by atoms with Crippen LogP contribution in [-0.4, -0.2) is 63.1 Å². The predicted octanol–water partition coefficient (Wildman–Crippen LogP) is 4.80. The van der Waals surface area contributed by atoms with Crippen LogP contribution in [0.3, 0.4) is 0 Å². The Morgan fingerprint density at radius 3 is 2.40 bits per heavy atom. The van der Waals surface area contributed by atoms with E-state index in [1.807, 2.05) is 30.3 Å². The van der Waals surface area contributed by atoms with Gasteiger partial charge in [-0.05, 0) is 86.7 Å². The van der Waals surface area contributed by atoms with E-state index in [4.69, 9.17) is 15.1 Å². The SMILES string of the molecule is O=C(O)CCCCc1nc2cc(C(=O)N3CCC4(CC3)C(=O)NCN4c3ccccc3)ccc2nc1-c1ccc(F)cc1. The second-order valence-corrected chi connectivity index (χ2v) is 11.1. The van der Waals surface area contributed by atoms with E-state index in [9.17, 15) is 18.8 Å². The molecule has 2 fully saturated rings. The molecule has 3 aromatic carbocycles. The highest BCUT2D eigenvalue weighted by atomic mass is 19.1. The third-order valence-electron chi connectivity index (χ3n) is 8.44. The van der Waals surface area contributed by atoms with E-state index in [0.29, 0.717) is 85.4 Å². The van der Waals surface area contributed by atoms with E-state index in [1.165, 1.54) is 12.1 Å². The van der Waals surface area contributed by atoms with Gasteiger partial charge in [0.25, 0.3) is 5.91 Å². The number of carbonyl (C=O) groups excluding carboxylic acids is 2. The molecule has 9 nitrogen and oxygen atoms in total. The number of nitrogens with zero attached hydrogens (tertiary/aromatic N) is 4. The highest BCUT2D eigenvalue weighted by Crippen LogP contribution is 2.36. The fourth-order valence-corrected chi connectivity index (χ4v) is 6.10. The molecule has 3 heterocycles. The summed E-state index contributed by atoms with van der Waals surface area (Å²) in [5.41, 5.74) is 3.94. The lowest BCUT2D eigenvalue weighted by atomic mass is 9.85. The second-order valence-electron chi connectivity index (χ2n) is 11.1. The van der Waals surface area contributed by atoms with Crippen molar-refractivity contribution in [2.45, 2.75) is 44.1 Å². The summed E-state index contributed by atoms with van der Waals surface area (Å²) in [4.78, 5) is 51.2. The first-order chi connectivity index (χ1) is 20.8. The smallest absolute Gasteiger partial charge is 0.303 e. The number of para-hydroxylation sites is 1. The number of carboxylic acid groups (broad SMARTS) is 1. The van der Waals surface area contributed by atoms with Crippen LogP contribution in [0, 0.1) is 5.82 Å². The van der Waals surface area contributed by atoms with Crippen molar-refractivity contribution in [1.82, 2.24) is 20.2 Å². The third kappa shape index (κ3) is 5.64. The Hall–Kier alpha value is -4.86. The van der Waals surface area contributed by atoms with E-state index in [1.54, 1.807) is 35.2 Å². The molecule has 10 heteroatoms. The molecule has 1 aromatic heterocycles. The van der Waals surface area contributed by atoms with Gasteiger partial charge in [-0.1, -0.05) is 18.2 Å². The van der Waals surface area contributed by atoms with Crippen LogP contribution in [0.4, 0.5) is 10.1 Å². The fraction of sp³-hybridized carbons (Fsp3) is 0.303. The number of benzene rings is 3. The quantitative estimate of drug-likeness (QED) is 0.287. The lowest BCUT2D eigenvalue weighted by Gasteiger charge is -2.43. The lowest BCUT2D eigenvalue weighted by Crippen LogP contribution is -2.57. The molecule has 2 aliphatic heterocycles. The molecule has 220 valence electrons. The summed E-state index contributed by atoms with van der Waals surface area (Å²) in [5.74, 6) is -1.34. The number of halogens is 1. The summed E-state index contributed by atoms with van der Waals surface area (Å²) >= 11 is 0. The van der Waals surface area contributed by atoms with Crippen LogP contribution >= 0.6 is 0 Å².